The van der Waals surface area contributed by atoms with Crippen molar-refractivity contribution in [2.75, 3.05) is 5.32 Å². The number of amides is 1. The van der Waals surface area contributed by atoms with E-state index in [2.05, 4.69) is 5.32 Å². The molecule has 0 bridgehead atoms. The molecule has 1 amide bonds. The zero-order chi connectivity index (χ0) is 12.1. The van der Waals surface area contributed by atoms with Crippen LogP contribution in [-0.4, -0.2) is 12.2 Å². The Bertz CT molecular complexity index is 468. The van der Waals surface area contributed by atoms with Gasteiger partial charge in [0.05, 0.1) is 16.1 Å². The lowest BCUT2D eigenvalue weighted by atomic mass is 10.2. The van der Waals surface area contributed by atoms with Crippen LogP contribution >= 0.6 is 23.2 Å². The van der Waals surface area contributed by atoms with Gasteiger partial charge in [-0.15, -0.1) is 0 Å². The maximum atomic E-state index is 11.3. The highest BCUT2D eigenvalue weighted by molar-refractivity contribution is 6.42. The van der Waals surface area contributed by atoms with Crippen molar-refractivity contribution in [2.45, 2.75) is 0 Å². The summed E-state index contributed by atoms with van der Waals surface area (Å²) in [5.41, 5.74) is 0.376. The third kappa shape index (κ3) is 2.96. The molecule has 0 saturated heterocycles. The summed E-state index contributed by atoms with van der Waals surface area (Å²) in [6.45, 7) is 0. The first-order valence-corrected chi connectivity index (χ1v) is 4.95. The number of nitriles is 1. The van der Waals surface area contributed by atoms with Crippen molar-refractivity contribution in [3.63, 3.8) is 0 Å². The molecule has 0 aliphatic heterocycles. The van der Waals surface area contributed by atoms with E-state index in [0.29, 0.717) is 10.7 Å². The SMILES string of the molecule is N#CC(C=O)C(=O)Nc1ccc(Cl)c(Cl)c1. The van der Waals surface area contributed by atoms with Crippen LogP contribution in [0.4, 0.5) is 5.69 Å². The number of carbonyl (C=O) groups excluding carboxylic acids is 2. The summed E-state index contributed by atoms with van der Waals surface area (Å²) in [6, 6.07) is 6.01. The highest BCUT2D eigenvalue weighted by atomic mass is 35.5. The van der Waals surface area contributed by atoms with Crippen LogP contribution in [0.3, 0.4) is 0 Å². The maximum absolute atomic E-state index is 11.3. The Morgan fingerprint density at radius 3 is 2.62 bits per heavy atom. The minimum Gasteiger partial charge on any atom is -0.325 e. The van der Waals surface area contributed by atoms with Crippen molar-refractivity contribution >= 4 is 41.1 Å². The fraction of sp³-hybridized carbons (Fsp3) is 0.100. The Balaban J connectivity index is 2.81. The van der Waals surface area contributed by atoms with Gasteiger partial charge in [0.1, 0.15) is 6.29 Å². The number of benzene rings is 1. The summed E-state index contributed by atoms with van der Waals surface area (Å²) in [6.07, 6.45) is 0.271. The third-order valence-corrected chi connectivity index (χ3v) is 2.48. The first-order chi connectivity index (χ1) is 7.58. The molecule has 82 valence electrons. The number of hydrogen-bond donors (Lipinski definition) is 1. The molecule has 1 rings (SSSR count). The summed E-state index contributed by atoms with van der Waals surface area (Å²) in [5.74, 6) is -2.02. The second-order valence-electron chi connectivity index (χ2n) is 2.86. The zero-order valence-corrected chi connectivity index (χ0v) is 9.42. The average Bonchev–Trinajstić information content (AvgIpc) is 2.25. The minimum atomic E-state index is -1.32. The van der Waals surface area contributed by atoms with Gasteiger partial charge in [-0.25, -0.2) is 0 Å². The van der Waals surface area contributed by atoms with Gasteiger partial charge < -0.3 is 10.1 Å². The number of hydrogen-bond acceptors (Lipinski definition) is 3. The average molecular weight is 257 g/mol. The number of aldehydes is 1. The molecule has 0 heterocycles. The van der Waals surface area contributed by atoms with Crippen LogP contribution in [0.15, 0.2) is 18.2 Å². The largest absolute Gasteiger partial charge is 0.325 e. The second-order valence-corrected chi connectivity index (χ2v) is 3.68. The van der Waals surface area contributed by atoms with Gasteiger partial charge in [-0.3, -0.25) is 4.79 Å². The predicted molar refractivity (Wildman–Crippen MR) is 60.3 cm³/mol. The maximum Gasteiger partial charge on any atom is 0.249 e. The van der Waals surface area contributed by atoms with Gasteiger partial charge in [0.25, 0.3) is 0 Å². The van der Waals surface area contributed by atoms with Gasteiger partial charge >= 0.3 is 0 Å². The molecule has 1 aromatic rings. The molecule has 0 radical (unpaired) electrons. The van der Waals surface area contributed by atoms with Gasteiger partial charge in [0.2, 0.25) is 5.91 Å². The summed E-state index contributed by atoms with van der Waals surface area (Å²) < 4.78 is 0. The normalized spacial score (nSPS) is 11.3. The number of carbonyl (C=O) groups is 2. The number of nitrogens with zero attached hydrogens (tertiary/aromatic N) is 1. The summed E-state index contributed by atoms with van der Waals surface area (Å²) in [7, 11) is 0. The molecular formula is C10H6Cl2N2O2. The van der Waals surface area contributed by atoms with Crippen LogP contribution in [-0.2, 0) is 9.59 Å². The molecule has 1 unspecified atom stereocenters. The Morgan fingerprint density at radius 2 is 2.12 bits per heavy atom. The number of rotatable bonds is 3. The number of nitrogens with one attached hydrogen (secondary N) is 1. The predicted octanol–water partition coefficient (Wildman–Crippen LogP) is 2.27. The minimum absolute atomic E-state index is 0.271. The molecule has 1 atom stereocenters. The van der Waals surface area contributed by atoms with Gasteiger partial charge in [0, 0.05) is 5.69 Å². The van der Waals surface area contributed by atoms with Crippen molar-refractivity contribution in [1.82, 2.24) is 0 Å². The standard InChI is InChI=1S/C10H6Cl2N2O2/c11-8-2-1-7(3-9(8)12)14-10(16)6(4-13)5-15/h1-3,5-6H,(H,14,16). The van der Waals surface area contributed by atoms with Crippen LogP contribution in [0, 0.1) is 17.2 Å². The third-order valence-electron chi connectivity index (χ3n) is 1.74. The molecule has 1 aromatic carbocycles. The van der Waals surface area contributed by atoms with Gasteiger partial charge in [-0.1, -0.05) is 23.2 Å². The second kappa shape index (κ2) is 5.50. The molecule has 16 heavy (non-hydrogen) atoms. The Morgan fingerprint density at radius 1 is 1.44 bits per heavy atom. The topological polar surface area (TPSA) is 70.0 Å². The van der Waals surface area contributed by atoms with E-state index in [1.54, 1.807) is 6.07 Å². The van der Waals surface area contributed by atoms with Gasteiger partial charge in [-0.05, 0) is 18.2 Å². The highest BCUT2D eigenvalue weighted by Crippen LogP contribution is 2.25. The van der Waals surface area contributed by atoms with E-state index in [0.717, 1.165) is 0 Å². The van der Waals surface area contributed by atoms with E-state index in [-0.39, 0.29) is 11.3 Å². The van der Waals surface area contributed by atoms with Crippen LogP contribution in [0.5, 0.6) is 0 Å². The first-order valence-electron chi connectivity index (χ1n) is 4.19. The Kier molecular flexibility index (Phi) is 4.29. The van der Waals surface area contributed by atoms with Crippen LogP contribution < -0.4 is 5.32 Å². The van der Waals surface area contributed by atoms with E-state index in [9.17, 15) is 9.59 Å². The van der Waals surface area contributed by atoms with Gasteiger partial charge in [-0.2, -0.15) is 5.26 Å². The van der Waals surface area contributed by atoms with Gasteiger partial charge in [0.15, 0.2) is 5.92 Å². The molecule has 0 aliphatic rings. The lowest BCUT2D eigenvalue weighted by Crippen LogP contribution is -2.22. The molecule has 0 saturated carbocycles. The smallest absolute Gasteiger partial charge is 0.249 e. The van der Waals surface area contributed by atoms with Crippen LogP contribution in [0.1, 0.15) is 0 Å². The molecule has 6 heteroatoms. The van der Waals surface area contributed by atoms with Crippen molar-refractivity contribution in [2.24, 2.45) is 5.92 Å². The zero-order valence-electron chi connectivity index (χ0n) is 7.91. The first kappa shape index (κ1) is 12.5. The monoisotopic (exact) mass is 256 g/mol. The molecule has 0 spiro atoms. The van der Waals surface area contributed by atoms with E-state index >= 15 is 0 Å². The molecule has 4 nitrogen and oxygen atoms in total. The fourth-order valence-electron chi connectivity index (χ4n) is 0.945. The lowest BCUT2D eigenvalue weighted by molar-refractivity contribution is -0.122. The summed E-state index contributed by atoms with van der Waals surface area (Å²) >= 11 is 11.4. The van der Waals surface area contributed by atoms with Crippen LogP contribution in [0.2, 0.25) is 10.0 Å². The van der Waals surface area contributed by atoms with Crippen molar-refractivity contribution in [3.05, 3.63) is 28.2 Å². The van der Waals surface area contributed by atoms with Crippen molar-refractivity contribution in [1.29, 1.82) is 5.26 Å². The lowest BCUT2D eigenvalue weighted by Gasteiger charge is -2.06. The van der Waals surface area contributed by atoms with E-state index in [1.807, 2.05) is 0 Å². The van der Waals surface area contributed by atoms with E-state index < -0.39 is 11.8 Å². The van der Waals surface area contributed by atoms with E-state index in [4.69, 9.17) is 28.5 Å². The van der Waals surface area contributed by atoms with Crippen LogP contribution in [0.25, 0.3) is 0 Å². The summed E-state index contributed by atoms with van der Waals surface area (Å²) in [5, 5.41) is 11.5. The Hall–Kier alpha value is -1.57. The highest BCUT2D eigenvalue weighted by Gasteiger charge is 2.16. The summed E-state index contributed by atoms with van der Waals surface area (Å²) in [4.78, 5) is 21.7. The Labute approximate surface area is 102 Å². The number of anilines is 1. The van der Waals surface area contributed by atoms with E-state index in [1.165, 1.54) is 18.2 Å². The fourth-order valence-corrected chi connectivity index (χ4v) is 1.24. The quantitative estimate of drug-likeness (QED) is 0.666. The molecular weight excluding hydrogens is 251 g/mol. The van der Waals surface area contributed by atoms with Crippen molar-refractivity contribution < 1.29 is 9.59 Å². The molecule has 1 N–H and O–H groups in total. The molecule has 0 aromatic heterocycles. The number of halogens is 2. The molecule has 0 aliphatic carbocycles. The van der Waals surface area contributed by atoms with Crippen molar-refractivity contribution in [3.8, 4) is 6.07 Å². The molecule has 0 fully saturated rings.